The van der Waals surface area contributed by atoms with Crippen molar-refractivity contribution in [1.29, 1.82) is 5.26 Å². The highest BCUT2D eigenvalue weighted by Gasteiger charge is 2.13. The fourth-order valence-electron chi connectivity index (χ4n) is 3.00. The molecule has 4 nitrogen and oxygen atoms in total. The van der Waals surface area contributed by atoms with E-state index in [-0.39, 0.29) is 18.0 Å². The summed E-state index contributed by atoms with van der Waals surface area (Å²) in [6.07, 6.45) is 2.17. The quantitative estimate of drug-likeness (QED) is 0.357. The Kier molecular flexibility index (Phi) is 7.42. The average Bonchev–Trinajstić information content (AvgIpc) is 2.77. The van der Waals surface area contributed by atoms with Gasteiger partial charge in [-0.1, -0.05) is 48.9 Å². The van der Waals surface area contributed by atoms with Gasteiger partial charge >= 0.3 is 0 Å². The smallest absolute Gasteiger partial charge is 0.266 e. The first kappa shape index (κ1) is 22.1. The lowest BCUT2D eigenvalue weighted by Gasteiger charge is -2.11. The predicted molar refractivity (Wildman–Crippen MR) is 120 cm³/mol. The molecule has 0 aromatic heterocycles. The number of nitrogens with one attached hydrogen (secondary N) is 1. The number of benzene rings is 3. The summed E-state index contributed by atoms with van der Waals surface area (Å²) in [5, 5.41) is 12.8. The molecule has 3 aromatic rings. The van der Waals surface area contributed by atoms with Crippen molar-refractivity contribution in [2.24, 2.45) is 0 Å². The number of nitrogens with zero attached hydrogens (tertiary/aromatic N) is 1. The zero-order chi connectivity index (χ0) is 22.2. The summed E-state index contributed by atoms with van der Waals surface area (Å²) >= 11 is 6.11. The van der Waals surface area contributed by atoms with Crippen LogP contribution in [0.25, 0.3) is 6.08 Å². The molecule has 0 aliphatic carbocycles. The highest BCUT2D eigenvalue weighted by Crippen LogP contribution is 2.27. The van der Waals surface area contributed by atoms with E-state index in [1.807, 2.05) is 31.2 Å². The van der Waals surface area contributed by atoms with Crippen LogP contribution in [0.3, 0.4) is 0 Å². The van der Waals surface area contributed by atoms with Gasteiger partial charge in [0, 0.05) is 16.3 Å². The molecule has 1 N–H and O–H groups in total. The van der Waals surface area contributed by atoms with E-state index in [4.69, 9.17) is 16.3 Å². The molecule has 0 saturated carbocycles. The number of nitriles is 1. The van der Waals surface area contributed by atoms with Crippen molar-refractivity contribution in [1.82, 2.24) is 0 Å². The summed E-state index contributed by atoms with van der Waals surface area (Å²) in [5.74, 6) is -0.462. The second-order valence-electron chi connectivity index (χ2n) is 6.74. The fourth-order valence-corrected chi connectivity index (χ4v) is 3.18. The lowest BCUT2D eigenvalue weighted by molar-refractivity contribution is -0.112. The summed E-state index contributed by atoms with van der Waals surface area (Å²) in [4.78, 5) is 12.7. The monoisotopic (exact) mass is 434 g/mol. The topological polar surface area (TPSA) is 62.1 Å². The molecule has 0 spiro atoms. The molecule has 1 amide bonds. The van der Waals surface area contributed by atoms with Gasteiger partial charge in [0.25, 0.3) is 5.91 Å². The second kappa shape index (κ2) is 10.4. The average molecular weight is 435 g/mol. The van der Waals surface area contributed by atoms with Gasteiger partial charge in [-0.25, -0.2) is 4.39 Å². The highest BCUT2D eigenvalue weighted by molar-refractivity contribution is 6.30. The van der Waals surface area contributed by atoms with Crippen LogP contribution in [0.15, 0.2) is 72.3 Å². The van der Waals surface area contributed by atoms with Crippen molar-refractivity contribution in [2.45, 2.75) is 20.0 Å². The molecule has 0 radical (unpaired) electrons. The first-order valence-electron chi connectivity index (χ1n) is 9.68. The van der Waals surface area contributed by atoms with Crippen LogP contribution in [0.2, 0.25) is 5.02 Å². The largest absolute Gasteiger partial charge is 0.488 e. The maximum Gasteiger partial charge on any atom is 0.266 e. The lowest BCUT2D eigenvalue weighted by Crippen LogP contribution is -2.14. The first-order chi connectivity index (χ1) is 15.0. The number of rotatable bonds is 7. The molecule has 3 aromatic carbocycles. The van der Waals surface area contributed by atoms with Crippen molar-refractivity contribution in [3.8, 4) is 11.8 Å². The molecular weight excluding hydrogens is 415 g/mol. The zero-order valence-corrected chi connectivity index (χ0v) is 17.6. The second-order valence-corrected chi connectivity index (χ2v) is 7.17. The van der Waals surface area contributed by atoms with Gasteiger partial charge in [0.2, 0.25) is 0 Å². The van der Waals surface area contributed by atoms with Gasteiger partial charge in [-0.2, -0.15) is 5.26 Å². The van der Waals surface area contributed by atoms with Crippen LogP contribution in [0.4, 0.5) is 10.1 Å². The van der Waals surface area contributed by atoms with Crippen molar-refractivity contribution < 1.29 is 13.9 Å². The lowest BCUT2D eigenvalue weighted by atomic mass is 10.1. The van der Waals surface area contributed by atoms with E-state index in [9.17, 15) is 14.4 Å². The summed E-state index contributed by atoms with van der Waals surface area (Å²) < 4.78 is 19.2. The standard InChI is InChI=1S/C25H20ClFN2O2/c1-2-18-7-3-4-9-23(18)29-25(30)20(15-28)13-19-14-21(26)10-11-24(19)31-16-17-6-5-8-22(27)12-17/h3-14H,2,16H2,1H3,(H,29,30)/b20-13+. The number of para-hydroxylation sites is 1. The van der Waals surface area contributed by atoms with Crippen molar-refractivity contribution in [3.05, 3.63) is 99.8 Å². The minimum absolute atomic E-state index is 0.0937. The van der Waals surface area contributed by atoms with E-state index in [0.29, 0.717) is 27.6 Å². The van der Waals surface area contributed by atoms with Crippen LogP contribution in [0, 0.1) is 17.1 Å². The number of anilines is 1. The fraction of sp³-hybridized carbons (Fsp3) is 0.120. The minimum atomic E-state index is -0.528. The van der Waals surface area contributed by atoms with Crippen LogP contribution in [0.1, 0.15) is 23.6 Å². The van der Waals surface area contributed by atoms with E-state index in [2.05, 4.69) is 5.32 Å². The van der Waals surface area contributed by atoms with Gasteiger partial charge in [0.15, 0.2) is 0 Å². The molecule has 0 aliphatic heterocycles. The third-order valence-corrected chi connectivity index (χ3v) is 4.80. The molecule has 0 bridgehead atoms. The Balaban J connectivity index is 1.85. The van der Waals surface area contributed by atoms with Crippen LogP contribution in [0.5, 0.6) is 5.75 Å². The normalized spacial score (nSPS) is 11.0. The molecule has 6 heteroatoms. The Morgan fingerprint density at radius 2 is 1.97 bits per heavy atom. The molecular formula is C25H20ClFN2O2. The molecule has 3 rings (SSSR count). The molecule has 0 unspecified atom stereocenters. The number of halogens is 2. The zero-order valence-electron chi connectivity index (χ0n) is 16.9. The van der Waals surface area contributed by atoms with Crippen molar-refractivity contribution in [3.63, 3.8) is 0 Å². The van der Waals surface area contributed by atoms with Gasteiger partial charge in [0.1, 0.15) is 29.8 Å². The van der Waals surface area contributed by atoms with Crippen molar-refractivity contribution >= 4 is 29.3 Å². The third-order valence-electron chi connectivity index (χ3n) is 4.57. The van der Waals surface area contributed by atoms with Crippen molar-refractivity contribution in [2.75, 3.05) is 5.32 Å². The molecule has 0 aliphatic rings. The predicted octanol–water partition coefficient (Wildman–Crippen LogP) is 6.17. The maximum atomic E-state index is 13.4. The Morgan fingerprint density at radius 1 is 1.16 bits per heavy atom. The number of hydrogen-bond acceptors (Lipinski definition) is 3. The first-order valence-corrected chi connectivity index (χ1v) is 10.1. The van der Waals surface area contributed by atoms with Crippen LogP contribution in [-0.4, -0.2) is 5.91 Å². The van der Waals surface area contributed by atoms with E-state index >= 15 is 0 Å². The Morgan fingerprint density at radius 3 is 2.71 bits per heavy atom. The molecule has 156 valence electrons. The van der Waals surface area contributed by atoms with E-state index in [1.165, 1.54) is 18.2 Å². The minimum Gasteiger partial charge on any atom is -0.488 e. The van der Waals surface area contributed by atoms with E-state index in [0.717, 1.165) is 12.0 Å². The van der Waals surface area contributed by atoms with Gasteiger partial charge in [-0.05, 0) is 60.0 Å². The highest BCUT2D eigenvalue weighted by atomic mass is 35.5. The number of carbonyl (C=O) groups is 1. The SMILES string of the molecule is CCc1ccccc1NC(=O)/C(C#N)=C/c1cc(Cl)ccc1OCc1cccc(F)c1. The summed E-state index contributed by atoms with van der Waals surface area (Å²) in [7, 11) is 0. The van der Waals surface area contributed by atoms with Crippen LogP contribution >= 0.6 is 11.6 Å². The molecule has 0 fully saturated rings. The van der Waals surface area contributed by atoms with Gasteiger partial charge in [0.05, 0.1) is 0 Å². The number of ether oxygens (including phenoxy) is 1. The van der Waals surface area contributed by atoms with E-state index in [1.54, 1.807) is 36.4 Å². The van der Waals surface area contributed by atoms with Crippen LogP contribution < -0.4 is 10.1 Å². The Bertz CT molecular complexity index is 1170. The summed E-state index contributed by atoms with van der Waals surface area (Å²) in [5.41, 5.74) is 2.65. The van der Waals surface area contributed by atoms with Crippen LogP contribution in [-0.2, 0) is 17.8 Å². The number of carbonyl (C=O) groups excluding carboxylic acids is 1. The summed E-state index contributed by atoms with van der Waals surface area (Å²) in [6, 6.07) is 20.3. The molecule has 0 saturated heterocycles. The summed E-state index contributed by atoms with van der Waals surface area (Å²) in [6.45, 7) is 2.11. The third kappa shape index (κ3) is 5.94. The maximum absolute atomic E-state index is 13.4. The van der Waals surface area contributed by atoms with E-state index < -0.39 is 5.91 Å². The van der Waals surface area contributed by atoms with Gasteiger partial charge in [-0.3, -0.25) is 4.79 Å². The number of aryl methyl sites for hydroxylation is 1. The molecule has 31 heavy (non-hydrogen) atoms. The Hall–Kier alpha value is -3.62. The number of amides is 1. The van der Waals surface area contributed by atoms with Gasteiger partial charge < -0.3 is 10.1 Å². The Labute approximate surface area is 185 Å². The molecule has 0 heterocycles. The van der Waals surface area contributed by atoms with Gasteiger partial charge in [-0.15, -0.1) is 0 Å². The number of hydrogen-bond donors (Lipinski definition) is 1. The molecule has 0 atom stereocenters.